The fourth-order valence-corrected chi connectivity index (χ4v) is 5.97. The van der Waals surface area contributed by atoms with Crippen LogP contribution >= 0.6 is 23.5 Å². The van der Waals surface area contributed by atoms with Crippen LogP contribution in [-0.2, 0) is 42.9 Å². The zero-order chi connectivity index (χ0) is 29.4. The zero-order valence-electron chi connectivity index (χ0n) is 18.4. The summed E-state index contributed by atoms with van der Waals surface area (Å²) in [7, 11) is -16.5. The Hall–Kier alpha value is -1.77. The molecule has 38 heavy (non-hydrogen) atoms. The lowest BCUT2D eigenvalue weighted by atomic mass is 10.1. The van der Waals surface area contributed by atoms with Gasteiger partial charge in [0.05, 0.1) is 18.7 Å². The Kier molecular flexibility index (Phi) is 9.71. The molecule has 6 atom stereocenters. The molecule has 1 aromatic rings. The molecule has 0 bridgehead atoms. The molecule has 3 unspecified atom stereocenters. The second-order valence-corrected chi connectivity index (χ2v) is 11.8. The molecule has 0 aromatic carbocycles. The van der Waals surface area contributed by atoms with E-state index >= 15 is 0 Å². The molecule has 19 nitrogen and oxygen atoms in total. The van der Waals surface area contributed by atoms with Crippen LogP contribution in [0.15, 0.2) is 15.8 Å². The summed E-state index contributed by atoms with van der Waals surface area (Å²) < 4.78 is 88.4. The van der Waals surface area contributed by atoms with Crippen LogP contribution in [0.4, 0.5) is 13.2 Å². The van der Waals surface area contributed by atoms with Crippen molar-refractivity contribution in [3.05, 3.63) is 32.6 Å². The summed E-state index contributed by atoms with van der Waals surface area (Å²) in [5, 5.41) is 20.4. The van der Waals surface area contributed by atoms with E-state index in [9.17, 15) is 56.4 Å². The van der Waals surface area contributed by atoms with Gasteiger partial charge in [-0.2, -0.15) is 21.8 Å². The molecule has 0 radical (unpaired) electrons. The van der Waals surface area contributed by atoms with Crippen molar-refractivity contribution in [2.75, 3.05) is 13.7 Å². The number of hydrogen-bond acceptors (Lipinski definition) is 12. The van der Waals surface area contributed by atoms with Crippen molar-refractivity contribution in [2.24, 2.45) is 0 Å². The number of carbonyl (C=O) groups excluding carboxylic acids is 1. The highest BCUT2D eigenvalue weighted by Crippen LogP contribution is 2.66. The predicted molar refractivity (Wildman–Crippen MR) is 110 cm³/mol. The van der Waals surface area contributed by atoms with Gasteiger partial charge in [0.2, 0.25) is 0 Å². The van der Waals surface area contributed by atoms with E-state index in [1.807, 2.05) is 0 Å². The van der Waals surface area contributed by atoms with Gasteiger partial charge < -0.3 is 39.4 Å². The van der Waals surface area contributed by atoms with Gasteiger partial charge in [0.25, 0.3) is 5.56 Å². The third-order valence-electron chi connectivity index (χ3n) is 4.47. The summed E-state index contributed by atoms with van der Waals surface area (Å²) in [6.07, 6.45) is -12.4. The molecule has 2 rings (SSSR count). The number of aliphatic hydroxyl groups excluding tert-OH is 2. The summed E-state index contributed by atoms with van der Waals surface area (Å²) in [6, 6.07) is 0. The minimum absolute atomic E-state index is 0.103. The molecule has 1 saturated heterocycles. The Morgan fingerprint density at radius 3 is 2.21 bits per heavy atom. The molecule has 218 valence electrons. The first kappa shape index (κ1) is 32.4. The largest absolute Gasteiger partial charge is 0.490 e. The zero-order valence-corrected chi connectivity index (χ0v) is 21.1. The van der Waals surface area contributed by atoms with Crippen LogP contribution in [0.1, 0.15) is 11.8 Å². The van der Waals surface area contributed by atoms with Crippen molar-refractivity contribution in [2.45, 2.75) is 37.3 Å². The number of nitrogens with one attached hydrogen (secondary N) is 1. The Morgan fingerprint density at radius 1 is 1.11 bits per heavy atom. The number of ether oxygens (including phenoxy) is 1. The fraction of sp³-hybridized carbons (Fsp3) is 0.615. The Balaban J connectivity index is 2.19. The van der Waals surface area contributed by atoms with Gasteiger partial charge >= 0.3 is 41.2 Å². The third kappa shape index (κ3) is 8.62. The lowest BCUT2D eigenvalue weighted by molar-refractivity contribution is -0.184. The average molecular weight is 623 g/mol. The first-order chi connectivity index (χ1) is 17.0. The molecule has 0 spiro atoms. The Labute approximate surface area is 207 Å². The van der Waals surface area contributed by atoms with Crippen LogP contribution in [0.25, 0.3) is 0 Å². The molecular weight excluding hydrogens is 604 g/mol. The molecular formula is C13H19F3N3O16P3. The van der Waals surface area contributed by atoms with E-state index in [4.69, 9.17) is 19.4 Å². The summed E-state index contributed by atoms with van der Waals surface area (Å²) >= 11 is 0. The quantitative estimate of drug-likeness (QED) is 0.139. The van der Waals surface area contributed by atoms with E-state index < -0.39 is 90.1 Å². The molecule has 7 N–H and O–H groups in total. The molecule has 2 heterocycles. The number of halogens is 3. The number of carbonyl (C=O) groups is 1. The molecule has 1 aliphatic rings. The van der Waals surface area contributed by atoms with Gasteiger partial charge in [-0.15, -0.1) is 0 Å². The highest BCUT2D eigenvalue weighted by Gasteiger charge is 2.47. The van der Waals surface area contributed by atoms with Crippen molar-refractivity contribution in [1.29, 1.82) is 0 Å². The number of rotatable bonds is 10. The average Bonchev–Trinajstić information content (AvgIpc) is 2.98. The Morgan fingerprint density at radius 2 is 1.68 bits per heavy atom. The van der Waals surface area contributed by atoms with E-state index in [1.54, 1.807) is 4.98 Å². The van der Waals surface area contributed by atoms with E-state index in [0.717, 1.165) is 0 Å². The van der Waals surface area contributed by atoms with Gasteiger partial charge in [-0.25, -0.2) is 18.5 Å². The first-order valence-corrected chi connectivity index (χ1v) is 14.0. The minimum atomic E-state index is -5.86. The highest BCUT2D eigenvalue weighted by atomic mass is 31.3. The number of aromatic nitrogens is 2. The van der Waals surface area contributed by atoms with Crippen molar-refractivity contribution >= 4 is 29.4 Å². The van der Waals surface area contributed by atoms with Crippen LogP contribution < -0.4 is 11.2 Å². The number of H-pyrrole nitrogens is 1. The van der Waals surface area contributed by atoms with Crippen LogP contribution in [0.5, 0.6) is 0 Å². The minimum Gasteiger partial charge on any atom is -0.387 e. The topological polar surface area (TPSA) is 285 Å². The van der Waals surface area contributed by atoms with E-state index in [0.29, 0.717) is 17.8 Å². The van der Waals surface area contributed by atoms with Gasteiger partial charge in [0.1, 0.15) is 18.3 Å². The second kappa shape index (κ2) is 11.4. The molecule has 1 aliphatic heterocycles. The molecule has 1 amide bonds. The first-order valence-electron chi connectivity index (χ1n) is 9.49. The van der Waals surface area contributed by atoms with E-state index in [1.165, 1.54) is 0 Å². The van der Waals surface area contributed by atoms with Crippen LogP contribution in [0, 0.1) is 0 Å². The number of alkyl halides is 3. The SMILES string of the molecule is CN(Cc1cn([C@@H]2O[C@H](COP(=O)(O)OP(=O)(O)OP(=O)(O)O)[C@H](O)C2O)c(=O)[nH]c1=O)C(=O)C(F)(F)F. The van der Waals surface area contributed by atoms with Crippen molar-refractivity contribution in [3.8, 4) is 0 Å². The van der Waals surface area contributed by atoms with Crippen molar-refractivity contribution in [1.82, 2.24) is 14.5 Å². The number of hydrogen-bond donors (Lipinski definition) is 7. The summed E-state index contributed by atoms with van der Waals surface area (Å²) in [5.74, 6) is -2.33. The van der Waals surface area contributed by atoms with Gasteiger partial charge in [0.15, 0.2) is 6.23 Å². The molecule has 0 saturated carbocycles. The van der Waals surface area contributed by atoms with Crippen LogP contribution in [-0.4, -0.2) is 88.3 Å². The molecule has 25 heteroatoms. The lowest BCUT2D eigenvalue weighted by Crippen LogP contribution is -2.42. The number of amides is 1. The summed E-state index contributed by atoms with van der Waals surface area (Å²) in [4.78, 5) is 72.9. The fourth-order valence-electron chi connectivity index (χ4n) is 2.94. The number of aliphatic hydroxyl groups is 2. The maximum atomic E-state index is 12.6. The van der Waals surface area contributed by atoms with Gasteiger partial charge in [-0.1, -0.05) is 0 Å². The summed E-state index contributed by atoms with van der Waals surface area (Å²) in [6.45, 7) is -2.19. The van der Waals surface area contributed by atoms with Gasteiger partial charge in [-0.05, 0) is 0 Å². The van der Waals surface area contributed by atoms with Crippen LogP contribution in [0.2, 0.25) is 0 Å². The second-order valence-electron chi connectivity index (χ2n) is 7.41. The monoisotopic (exact) mass is 623 g/mol. The standard InChI is InChI=1S/C13H19F3N3O16P3/c1-18(11(23)13(14,15)16)2-5-3-19(12(24)17-9(5)22)10-8(21)7(20)6(33-10)4-32-37(28,29)35-38(30,31)34-36(25,26)27/h3,6-8,10,20-21H,2,4H2,1H3,(H,28,29)(H,30,31)(H,17,22,24)(H2,25,26,27)/t6-,7+,8?,10-/m1/s1. The van der Waals surface area contributed by atoms with Crippen molar-refractivity contribution in [3.63, 3.8) is 0 Å². The Bertz CT molecular complexity index is 1310. The maximum absolute atomic E-state index is 12.6. The number of aromatic amines is 1. The highest BCUT2D eigenvalue weighted by molar-refractivity contribution is 7.66. The van der Waals surface area contributed by atoms with E-state index in [2.05, 4.69) is 13.1 Å². The van der Waals surface area contributed by atoms with E-state index in [-0.39, 0.29) is 4.90 Å². The number of phosphoric acid groups is 3. The number of nitrogens with zero attached hydrogens (tertiary/aromatic N) is 2. The van der Waals surface area contributed by atoms with Gasteiger partial charge in [-0.3, -0.25) is 23.7 Å². The van der Waals surface area contributed by atoms with Crippen molar-refractivity contribution < 1.29 is 79.3 Å². The van der Waals surface area contributed by atoms with Gasteiger partial charge in [0, 0.05) is 13.2 Å². The molecule has 0 aliphatic carbocycles. The smallest absolute Gasteiger partial charge is 0.387 e. The molecule has 1 aromatic heterocycles. The third-order valence-corrected chi connectivity index (χ3v) is 8.27. The summed E-state index contributed by atoms with van der Waals surface area (Å²) in [5.41, 5.74) is -3.09. The normalized spacial score (nSPS) is 25.5. The van der Waals surface area contributed by atoms with Crippen LogP contribution in [0.3, 0.4) is 0 Å². The predicted octanol–water partition coefficient (Wildman–Crippen LogP) is -1.98. The maximum Gasteiger partial charge on any atom is 0.490 e. The number of phosphoric ester groups is 1. The lowest BCUT2D eigenvalue weighted by Gasteiger charge is -2.21. The molecule has 1 fully saturated rings.